The maximum atomic E-state index is 12.5. The summed E-state index contributed by atoms with van der Waals surface area (Å²) in [5, 5.41) is 2.92. The molecule has 0 saturated carbocycles. The third-order valence-electron chi connectivity index (χ3n) is 4.67. The molecule has 0 atom stereocenters. The molecule has 4 aromatic rings. The van der Waals surface area contributed by atoms with Crippen LogP contribution in [0.15, 0.2) is 65.1 Å². The van der Waals surface area contributed by atoms with Gasteiger partial charge in [0.2, 0.25) is 5.89 Å². The highest BCUT2D eigenvalue weighted by atomic mass is 16.5. The van der Waals surface area contributed by atoms with Gasteiger partial charge in [-0.1, -0.05) is 18.2 Å². The van der Waals surface area contributed by atoms with E-state index in [1.54, 1.807) is 44.6 Å². The van der Waals surface area contributed by atoms with Crippen molar-refractivity contribution < 1.29 is 18.7 Å². The number of oxazole rings is 1. The van der Waals surface area contributed by atoms with Gasteiger partial charge in [-0.05, 0) is 55.0 Å². The number of hydrogen-bond donors (Lipinski definition) is 1. The Morgan fingerprint density at radius 1 is 0.966 bits per heavy atom. The number of aryl methyl sites for hydroxylation is 1. The molecule has 4 rings (SSSR count). The zero-order valence-corrected chi connectivity index (χ0v) is 16.4. The molecule has 0 bridgehead atoms. The monoisotopic (exact) mass is 388 g/mol. The first-order chi connectivity index (χ1) is 14.1. The van der Waals surface area contributed by atoms with E-state index >= 15 is 0 Å². The van der Waals surface area contributed by atoms with Gasteiger partial charge in [-0.3, -0.25) is 4.79 Å². The molecule has 0 saturated heterocycles. The number of carbonyl (C=O) groups excluding carboxylic acids is 1. The molecule has 1 amide bonds. The summed E-state index contributed by atoms with van der Waals surface area (Å²) in [6.45, 7) is 1.91. The fraction of sp³-hybridized carbons (Fsp3) is 0.130. The quantitative estimate of drug-likeness (QED) is 0.516. The highest BCUT2D eigenvalue weighted by Crippen LogP contribution is 2.33. The van der Waals surface area contributed by atoms with Crippen molar-refractivity contribution in [3.05, 3.63) is 71.8 Å². The van der Waals surface area contributed by atoms with Crippen molar-refractivity contribution in [2.75, 3.05) is 19.5 Å². The number of benzene rings is 3. The minimum Gasteiger partial charge on any atom is -0.493 e. The number of amides is 1. The fourth-order valence-corrected chi connectivity index (χ4v) is 3.12. The van der Waals surface area contributed by atoms with Gasteiger partial charge in [-0.25, -0.2) is 4.98 Å². The van der Waals surface area contributed by atoms with Crippen molar-refractivity contribution in [3.63, 3.8) is 0 Å². The molecule has 1 N–H and O–H groups in total. The van der Waals surface area contributed by atoms with Crippen LogP contribution >= 0.6 is 0 Å². The van der Waals surface area contributed by atoms with Crippen LogP contribution in [0.5, 0.6) is 11.5 Å². The molecule has 0 aliphatic carbocycles. The average molecular weight is 388 g/mol. The van der Waals surface area contributed by atoms with Gasteiger partial charge in [0.15, 0.2) is 17.1 Å². The Balaban J connectivity index is 1.63. The van der Waals surface area contributed by atoms with E-state index in [0.29, 0.717) is 39.7 Å². The molecular formula is C23H20N2O4. The highest BCUT2D eigenvalue weighted by molar-refractivity contribution is 6.05. The van der Waals surface area contributed by atoms with E-state index < -0.39 is 0 Å². The average Bonchev–Trinajstić information content (AvgIpc) is 3.17. The molecule has 6 nitrogen and oxygen atoms in total. The number of hydrogen-bond acceptors (Lipinski definition) is 5. The second-order valence-corrected chi connectivity index (χ2v) is 6.54. The van der Waals surface area contributed by atoms with Crippen LogP contribution in [-0.4, -0.2) is 25.1 Å². The van der Waals surface area contributed by atoms with Gasteiger partial charge in [0.25, 0.3) is 5.91 Å². The van der Waals surface area contributed by atoms with Crippen LogP contribution in [0, 0.1) is 6.92 Å². The molecule has 6 heteroatoms. The Labute approximate surface area is 168 Å². The third kappa shape index (κ3) is 3.65. The van der Waals surface area contributed by atoms with Crippen LogP contribution in [0.1, 0.15) is 15.9 Å². The lowest BCUT2D eigenvalue weighted by Gasteiger charge is -2.07. The minimum atomic E-state index is -0.161. The van der Waals surface area contributed by atoms with E-state index in [-0.39, 0.29) is 5.91 Å². The van der Waals surface area contributed by atoms with Crippen LogP contribution in [0.25, 0.3) is 22.6 Å². The van der Waals surface area contributed by atoms with Crippen molar-refractivity contribution in [2.45, 2.75) is 6.92 Å². The number of nitrogens with zero attached hydrogens (tertiary/aromatic N) is 1. The Morgan fingerprint density at radius 2 is 1.76 bits per heavy atom. The summed E-state index contributed by atoms with van der Waals surface area (Å²) in [6.07, 6.45) is 0. The van der Waals surface area contributed by atoms with Gasteiger partial charge < -0.3 is 19.2 Å². The first-order valence-electron chi connectivity index (χ1n) is 9.09. The van der Waals surface area contributed by atoms with E-state index in [2.05, 4.69) is 10.3 Å². The van der Waals surface area contributed by atoms with E-state index in [4.69, 9.17) is 13.9 Å². The van der Waals surface area contributed by atoms with Crippen molar-refractivity contribution in [1.82, 2.24) is 4.98 Å². The first-order valence-corrected chi connectivity index (χ1v) is 9.09. The molecule has 0 spiro atoms. The minimum absolute atomic E-state index is 0.161. The molecule has 1 aromatic heterocycles. The van der Waals surface area contributed by atoms with Crippen LogP contribution in [0.3, 0.4) is 0 Å². The lowest BCUT2D eigenvalue weighted by molar-refractivity contribution is 0.102. The number of fused-ring (bicyclic) bond motifs is 1. The third-order valence-corrected chi connectivity index (χ3v) is 4.67. The van der Waals surface area contributed by atoms with Crippen molar-refractivity contribution in [3.8, 4) is 23.0 Å². The first kappa shape index (κ1) is 18.6. The number of aromatic nitrogens is 1. The SMILES string of the molecule is COc1ccc(-c2nc3cc(NC(=O)c4ccccc4C)ccc3o2)cc1OC. The lowest BCUT2D eigenvalue weighted by Crippen LogP contribution is -2.13. The predicted octanol–water partition coefficient (Wildman–Crippen LogP) is 5.07. The number of rotatable bonds is 5. The zero-order chi connectivity index (χ0) is 20.4. The molecule has 29 heavy (non-hydrogen) atoms. The zero-order valence-electron chi connectivity index (χ0n) is 16.4. The molecular weight excluding hydrogens is 368 g/mol. The van der Waals surface area contributed by atoms with Crippen molar-refractivity contribution in [2.24, 2.45) is 0 Å². The van der Waals surface area contributed by atoms with Crippen molar-refractivity contribution >= 4 is 22.7 Å². The molecule has 0 radical (unpaired) electrons. The van der Waals surface area contributed by atoms with Crippen LogP contribution in [-0.2, 0) is 0 Å². The summed E-state index contributed by atoms with van der Waals surface area (Å²) in [7, 11) is 3.17. The number of methoxy groups -OCH3 is 2. The largest absolute Gasteiger partial charge is 0.493 e. The predicted molar refractivity (Wildman–Crippen MR) is 112 cm³/mol. The smallest absolute Gasteiger partial charge is 0.255 e. The number of nitrogens with one attached hydrogen (secondary N) is 1. The lowest BCUT2D eigenvalue weighted by atomic mass is 10.1. The number of anilines is 1. The van der Waals surface area contributed by atoms with Gasteiger partial charge in [0.1, 0.15) is 5.52 Å². The standard InChI is InChI=1S/C23H20N2O4/c1-14-6-4-5-7-17(14)22(26)24-16-9-11-19-18(13-16)25-23(29-19)15-8-10-20(27-2)21(12-15)28-3/h4-13H,1-3H3,(H,24,26). The van der Waals surface area contributed by atoms with Crippen LogP contribution in [0.2, 0.25) is 0 Å². The van der Waals surface area contributed by atoms with E-state index in [9.17, 15) is 4.79 Å². The van der Waals surface area contributed by atoms with Gasteiger partial charge in [-0.15, -0.1) is 0 Å². The second kappa shape index (κ2) is 7.67. The maximum Gasteiger partial charge on any atom is 0.255 e. The number of ether oxygens (including phenoxy) is 2. The molecule has 146 valence electrons. The Morgan fingerprint density at radius 3 is 2.52 bits per heavy atom. The van der Waals surface area contributed by atoms with E-state index in [1.807, 2.05) is 37.3 Å². The van der Waals surface area contributed by atoms with Gasteiger partial charge in [0.05, 0.1) is 14.2 Å². The van der Waals surface area contributed by atoms with Crippen LogP contribution < -0.4 is 14.8 Å². The van der Waals surface area contributed by atoms with Gasteiger partial charge >= 0.3 is 0 Å². The highest BCUT2D eigenvalue weighted by Gasteiger charge is 2.14. The Bertz CT molecular complexity index is 1200. The van der Waals surface area contributed by atoms with Crippen molar-refractivity contribution in [1.29, 1.82) is 0 Å². The van der Waals surface area contributed by atoms with E-state index in [0.717, 1.165) is 11.1 Å². The maximum absolute atomic E-state index is 12.5. The summed E-state index contributed by atoms with van der Waals surface area (Å²) in [6, 6.07) is 18.3. The Kier molecular flexibility index (Phi) is 4.91. The molecule has 1 heterocycles. The van der Waals surface area contributed by atoms with Gasteiger partial charge in [-0.2, -0.15) is 0 Å². The van der Waals surface area contributed by atoms with Crippen LogP contribution in [0.4, 0.5) is 5.69 Å². The summed E-state index contributed by atoms with van der Waals surface area (Å²) in [5.41, 5.74) is 4.25. The molecule has 0 fully saturated rings. The second-order valence-electron chi connectivity index (χ2n) is 6.54. The topological polar surface area (TPSA) is 73.6 Å². The summed E-state index contributed by atoms with van der Waals surface area (Å²) >= 11 is 0. The fourth-order valence-electron chi connectivity index (χ4n) is 3.12. The number of carbonyl (C=O) groups is 1. The normalized spacial score (nSPS) is 10.7. The summed E-state index contributed by atoms with van der Waals surface area (Å²) in [4.78, 5) is 17.1. The van der Waals surface area contributed by atoms with Gasteiger partial charge in [0, 0.05) is 16.8 Å². The Hall–Kier alpha value is -3.80. The summed E-state index contributed by atoms with van der Waals surface area (Å²) < 4.78 is 16.5. The van der Waals surface area contributed by atoms with E-state index in [1.165, 1.54) is 0 Å². The molecule has 0 unspecified atom stereocenters. The molecule has 0 aliphatic rings. The summed E-state index contributed by atoms with van der Waals surface area (Å²) in [5.74, 6) is 1.53. The molecule has 3 aromatic carbocycles. The molecule has 0 aliphatic heterocycles.